The minimum Gasteiger partial charge on any atom is -0.396 e. The summed E-state index contributed by atoms with van der Waals surface area (Å²) in [6, 6.07) is 0. The maximum absolute atomic E-state index is 8.67. The van der Waals surface area contributed by atoms with Crippen LogP contribution in [0.5, 0.6) is 0 Å². The second-order valence-corrected chi connectivity index (χ2v) is 4.65. The van der Waals surface area contributed by atoms with Gasteiger partial charge in [-0.3, -0.25) is 0 Å². The van der Waals surface area contributed by atoms with Crippen molar-refractivity contribution < 1.29 is 5.11 Å². The Hall–Kier alpha value is -0.0400. The van der Waals surface area contributed by atoms with Gasteiger partial charge in [0.15, 0.2) is 0 Å². The van der Waals surface area contributed by atoms with Crippen LogP contribution in [0.25, 0.3) is 0 Å². The Labute approximate surface area is 75.2 Å². The minimum atomic E-state index is 0.390. The highest BCUT2D eigenvalue weighted by atomic mass is 16.2. The van der Waals surface area contributed by atoms with Gasteiger partial charge < -0.3 is 5.11 Å². The van der Waals surface area contributed by atoms with Crippen LogP contribution in [-0.4, -0.2) is 11.7 Å². The Balaban J connectivity index is 1.69. The molecule has 0 spiro atoms. The van der Waals surface area contributed by atoms with E-state index in [0.717, 1.165) is 24.2 Å². The minimum absolute atomic E-state index is 0.390. The number of hydrogen-bond acceptors (Lipinski definition) is 1. The third-order valence-electron chi connectivity index (χ3n) is 3.87. The first kappa shape index (κ1) is 8.55. The molecule has 0 heterocycles. The molecule has 0 aliphatic heterocycles. The van der Waals surface area contributed by atoms with Crippen LogP contribution < -0.4 is 0 Å². The van der Waals surface area contributed by atoms with E-state index in [1.54, 1.807) is 0 Å². The summed E-state index contributed by atoms with van der Waals surface area (Å²) in [7, 11) is 0. The molecule has 3 atom stereocenters. The highest BCUT2D eigenvalue weighted by Crippen LogP contribution is 2.49. The van der Waals surface area contributed by atoms with Crippen molar-refractivity contribution in [2.75, 3.05) is 6.61 Å². The van der Waals surface area contributed by atoms with E-state index < -0.39 is 0 Å². The SMILES string of the molecule is OCCCCC1CC2CCC1C2. The summed E-state index contributed by atoms with van der Waals surface area (Å²) in [5.41, 5.74) is 0. The smallest absolute Gasteiger partial charge is 0.0431 e. The average molecular weight is 168 g/mol. The van der Waals surface area contributed by atoms with Crippen molar-refractivity contribution in [3.8, 4) is 0 Å². The number of aliphatic hydroxyl groups is 1. The summed E-state index contributed by atoms with van der Waals surface area (Å²) in [6.45, 7) is 0.390. The van der Waals surface area contributed by atoms with Gasteiger partial charge in [0.1, 0.15) is 0 Å². The molecule has 2 aliphatic rings. The highest BCUT2D eigenvalue weighted by molar-refractivity contribution is 4.89. The summed E-state index contributed by atoms with van der Waals surface area (Å²) in [5.74, 6) is 3.21. The fourth-order valence-electron chi connectivity index (χ4n) is 3.25. The van der Waals surface area contributed by atoms with E-state index in [1.165, 1.54) is 38.5 Å². The molecule has 12 heavy (non-hydrogen) atoms. The van der Waals surface area contributed by atoms with E-state index >= 15 is 0 Å². The van der Waals surface area contributed by atoms with Crippen molar-refractivity contribution in [1.29, 1.82) is 0 Å². The van der Waals surface area contributed by atoms with E-state index in [-0.39, 0.29) is 0 Å². The van der Waals surface area contributed by atoms with E-state index in [4.69, 9.17) is 5.11 Å². The molecule has 2 rings (SSSR count). The van der Waals surface area contributed by atoms with E-state index in [9.17, 15) is 0 Å². The molecule has 3 unspecified atom stereocenters. The zero-order chi connectivity index (χ0) is 8.39. The number of fused-ring (bicyclic) bond motifs is 2. The molecule has 0 aromatic carbocycles. The molecule has 0 amide bonds. The lowest BCUT2D eigenvalue weighted by atomic mass is 9.85. The van der Waals surface area contributed by atoms with E-state index in [2.05, 4.69) is 0 Å². The highest BCUT2D eigenvalue weighted by Gasteiger charge is 2.38. The molecule has 2 saturated carbocycles. The third kappa shape index (κ3) is 1.66. The first-order valence-electron chi connectivity index (χ1n) is 5.51. The van der Waals surface area contributed by atoms with Crippen LogP contribution in [0.15, 0.2) is 0 Å². The molecule has 2 fully saturated rings. The topological polar surface area (TPSA) is 20.2 Å². The van der Waals surface area contributed by atoms with Gasteiger partial charge in [-0.25, -0.2) is 0 Å². The Morgan fingerprint density at radius 1 is 1.08 bits per heavy atom. The summed E-state index contributed by atoms with van der Waals surface area (Å²) in [5, 5.41) is 8.67. The van der Waals surface area contributed by atoms with Gasteiger partial charge in [0, 0.05) is 6.61 Å². The molecule has 70 valence electrons. The summed E-state index contributed by atoms with van der Waals surface area (Å²) >= 11 is 0. The molecule has 2 bridgehead atoms. The summed E-state index contributed by atoms with van der Waals surface area (Å²) in [6.07, 6.45) is 9.73. The maximum Gasteiger partial charge on any atom is 0.0431 e. The van der Waals surface area contributed by atoms with Gasteiger partial charge in [0.2, 0.25) is 0 Å². The summed E-state index contributed by atoms with van der Waals surface area (Å²) in [4.78, 5) is 0. The number of hydrogen-bond donors (Lipinski definition) is 1. The molecule has 2 aliphatic carbocycles. The predicted molar refractivity (Wildman–Crippen MR) is 49.9 cm³/mol. The Morgan fingerprint density at radius 3 is 2.58 bits per heavy atom. The largest absolute Gasteiger partial charge is 0.396 e. The van der Waals surface area contributed by atoms with Crippen molar-refractivity contribution in [1.82, 2.24) is 0 Å². The van der Waals surface area contributed by atoms with Crippen molar-refractivity contribution >= 4 is 0 Å². The lowest BCUT2D eigenvalue weighted by molar-refractivity contribution is 0.261. The fourth-order valence-corrected chi connectivity index (χ4v) is 3.25. The van der Waals surface area contributed by atoms with Crippen molar-refractivity contribution in [3.05, 3.63) is 0 Å². The second-order valence-electron chi connectivity index (χ2n) is 4.65. The van der Waals surface area contributed by atoms with Crippen molar-refractivity contribution in [3.63, 3.8) is 0 Å². The lowest BCUT2D eigenvalue weighted by Gasteiger charge is -2.20. The monoisotopic (exact) mass is 168 g/mol. The zero-order valence-electron chi connectivity index (χ0n) is 7.84. The molecule has 1 N–H and O–H groups in total. The van der Waals surface area contributed by atoms with Crippen LogP contribution in [0, 0.1) is 17.8 Å². The molecular weight excluding hydrogens is 148 g/mol. The van der Waals surface area contributed by atoms with Crippen molar-refractivity contribution in [2.24, 2.45) is 17.8 Å². The summed E-state index contributed by atoms with van der Waals surface area (Å²) < 4.78 is 0. The fraction of sp³-hybridized carbons (Fsp3) is 1.00. The van der Waals surface area contributed by atoms with Crippen LogP contribution in [0.2, 0.25) is 0 Å². The molecule has 1 nitrogen and oxygen atoms in total. The zero-order valence-corrected chi connectivity index (χ0v) is 7.84. The molecule has 0 radical (unpaired) electrons. The Morgan fingerprint density at radius 2 is 2.00 bits per heavy atom. The van der Waals surface area contributed by atoms with Crippen LogP contribution in [0.1, 0.15) is 44.9 Å². The molecule has 1 heteroatoms. The normalized spacial score (nSPS) is 39.2. The van der Waals surface area contributed by atoms with Crippen LogP contribution in [0.4, 0.5) is 0 Å². The number of aliphatic hydroxyl groups excluding tert-OH is 1. The standard InChI is InChI=1S/C11H20O/c12-6-2-1-3-10-7-9-4-5-11(10)8-9/h9-12H,1-8H2. The predicted octanol–water partition coefficient (Wildman–Crippen LogP) is 2.59. The average Bonchev–Trinajstić information content (AvgIpc) is 2.65. The first-order valence-corrected chi connectivity index (χ1v) is 5.51. The van der Waals surface area contributed by atoms with Crippen LogP contribution in [0.3, 0.4) is 0 Å². The number of rotatable bonds is 4. The van der Waals surface area contributed by atoms with Crippen LogP contribution >= 0.6 is 0 Å². The Bertz CT molecular complexity index is 144. The lowest BCUT2D eigenvalue weighted by Crippen LogP contribution is -2.10. The Kier molecular flexibility index (Phi) is 2.69. The second kappa shape index (κ2) is 3.78. The quantitative estimate of drug-likeness (QED) is 0.640. The van der Waals surface area contributed by atoms with E-state index in [0.29, 0.717) is 6.61 Å². The van der Waals surface area contributed by atoms with E-state index in [1.807, 2.05) is 0 Å². The third-order valence-corrected chi connectivity index (χ3v) is 3.87. The maximum atomic E-state index is 8.67. The molecule has 0 saturated heterocycles. The van der Waals surface area contributed by atoms with Crippen molar-refractivity contribution in [2.45, 2.75) is 44.9 Å². The van der Waals surface area contributed by atoms with Gasteiger partial charge in [-0.1, -0.05) is 19.3 Å². The number of unbranched alkanes of at least 4 members (excludes halogenated alkanes) is 1. The van der Waals surface area contributed by atoms with Gasteiger partial charge >= 0.3 is 0 Å². The van der Waals surface area contributed by atoms with Gasteiger partial charge in [-0.2, -0.15) is 0 Å². The van der Waals surface area contributed by atoms with Gasteiger partial charge in [-0.05, 0) is 43.4 Å². The first-order chi connectivity index (χ1) is 5.90. The van der Waals surface area contributed by atoms with Gasteiger partial charge in [-0.15, -0.1) is 0 Å². The molecule has 0 aromatic heterocycles. The molecule has 0 aromatic rings. The van der Waals surface area contributed by atoms with Gasteiger partial charge in [0.25, 0.3) is 0 Å². The van der Waals surface area contributed by atoms with Gasteiger partial charge in [0.05, 0.1) is 0 Å². The molecular formula is C11H20O. The van der Waals surface area contributed by atoms with Crippen LogP contribution in [-0.2, 0) is 0 Å².